The van der Waals surface area contributed by atoms with Gasteiger partial charge in [0, 0.05) is 11.0 Å². The molecule has 0 amide bonds. The molecule has 2 rings (SSSR count). The number of benzene rings is 1. The third-order valence-corrected chi connectivity index (χ3v) is 3.34. The number of hydrogen-bond donors (Lipinski definition) is 0. The van der Waals surface area contributed by atoms with Gasteiger partial charge in [0.15, 0.2) is 0 Å². The predicted octanol–water partition coefficient (Wildman–Crippen LogP) is 2.94. The van der Waals surface area contributed by atoms with Crippen LogP contribution in [-0.2, 0) is 6.54 Å². The van der Waals surface area contributed by atoms with Crippen molar-refractivity contribution in [2.24, 2.45) is 0 Å². The van der Waals surface area contributed by atoms with Crippen LogP contribution < -0.4 is 0 Å². The number of halogens is 1. The molecule has 1 aliphatic rings. The summed E-state index contributed by atoms with van der Waals surface area (Å²) in [6, 6.07) is 10.8. The summed E-state index contributed by atoms with van der Waals surface area (Å²) in [6.45, 7) is 1.94. The van der Waals surface area contributed by atoms with Crippen molar-refractivity contribution < 1.29 is 0 Å². The van der Waals surface area contributed by atoms with Crippen LogP contribution in [0.4, 0.5) is 0 Å². The second kappa shape index (κ2) is 4.78. The van der Waals surface area contributed by atoms with Crippen molar-refractivity contribution in [1.82, 2.24) is 4.90 Å². The summed E-state index contributed by atoms with van der Waals surface area (Å²) < 4.78 is 1.10. The standard InChI is InChI=1S/C12H13BrN2/c13-11-5-3-10(4-6-11)9-15-7-1-2-12(15)8-14/h3-6,12H,1-2,7,9H2. The Morgan fingerprint density at radius 1 is 1.40 bits per heavy atom. The normalized spacial score (nSPS) is 21.5. The first-order valence-corrected chi connectivity index (χ1v) is 5.97. The summed E-state index contributed by atoms with van der Waals surface area (Å²) >= 11 is 3.42. The molecule has 0 bridgehead atoms. The van der Waals surface area contributed by atoms with Crippen LogP contribution in [0.2, 0.25) is 0 Å². The quantitative estimate of drug-likeness (QED) is 0.822. The smallest absolute Gasteiger partial charge is 0.0981 e. The minimum Gasteiger partial charge on any atom is -0.284 e. The first-order chi connectivity index (χ1) is 7.29. The van der Waals surface area contributed by atoms with Gasteiger partial charge < -0.3 is 0 Å². The van der Waals surface area contributed by atoms with Crippen LogP contribution in [0, 0.1) is 11.3 Å². The van der Waals surface area contributed by atoms with Crippen molar-refractivity contribution in [3.8, 4) is 6.07 Å². The lowest BCUT2D eigenvalue weighted by molar-refractivity contribution is 0.286. The Hall–Kier alpha value is -0.850. The molecular weight excluding hydrogens is 252 g/mol. The van der Waals surface area contributed by atoms with Gasteiger partial charge in [-0.25, -0.2) is 0 Å². The summed E-state index contributed by atoms with van der Waals surface area (Å²) in [5.41, 5.74) is 1.28. The summed E-state index contributed by atoms with van der Waals surface area (Å²) in [7, 11) is 0. The van der Waals surface area contributed by atoms with Gasteiger partial charge in [-0.1, -0.05) is 28.1 Å². The van der Waals surface area contributed by atoms with Crippen LogP contribution in [0.1, 0.15) is 18.4 Å². The lowest BCUT2D eigenvalue weighted by Gasteiger charge is -2.18. The van der Waals surface area contributed by atoms with E-state index in [1.54, 1.807) is 0 Å². The zero-order valence-corrected chi connectivity index (χ0v) is 10.1. The van der Waals surface area contributed by atoms with Crippen LogP contribution in [0.15, 0.2) is 28.7 Å². The zero-order chi connectivity index (χ0) is 10.7. The molecule has 0 aromatic heterocycles. The highest BCUT2D eigenvalue weighted by molar-refractivity contribution is 9.10. The second-order valence-electron chi connectivity index (χ2n) is 3.88. The maximum Gasteiger partial charge on any atom is 0.0981 e. The van der Waals surface area contributed by atoms with Crippen LogP contribution >= 0.6 is 15.9 Å². The Kier molecular flexibility index (Phi) is 3.40. The van der Waals surface area contributed by atoms with Gasteiger partial charge >= 0.3 is 0 Å². The Bertz CT molecular complexity index is 366. The molecule has 2 nitrogen and oxygen atoms in total. The molecule has 1 unspecified atom stereocenters. The van der Waals surface area contributed by atoms with Crippen LogP contribution in [0.3, 0.4) is 0 Å². The summed E-state index contributed by atoms with van der Waals surface area (Å²) in [5.74, 6) is 0. The fraction of sp³-hybridized carbons (Fsp3) is 0.417. The monoisotopic (exact) mass is 264 g/mol. The van der Waals surface area contributed by atoms with E-state index < -0.39 is 0 Å². The molecule has 0 radical (unpaired) electrons. The van der Waals surface area contributed by atoms with E-state index in [1.807, 2.05) is 12.1 Å². The molecule has 1 fully saturated rings. The van der Waals surface area contributed by atoms with E-state index in [0.29, 0.717) is 0 Å². The molecule has 1 aromatic carbocycles. The average Bonchev–Trinajstić information content (AvgIpc) is 2.69. The summed E-state index contributed by atoms with van der Waals surface area (Å²) in [5, 5.41) is 8.96. The van der Waals surface area contributed by atoms with Gasteiger partial charge in [-0.3, -0.25) is 4.90 Å². The van der Waals surface area contributed by atoms with E-state index in [0.717, 1.165) is 30.4 Å². The molecule has 3 heteroatoms. The molecule has 78 valence electrons. The molecular formula is C12H13BrN2. The summed E-state index contributed by atoms with van der Waals surface area (Å²) in [4.78, 5) is 2.25. The van der Waals surface area contributed by atoms with Crippen LogP contribution in [-0.4, -0.2) is 17.5 Å². The summed E-state index contributed by atoms with van der Waals surface area (Å²) in [6.07, 6.45) is 2.17. The number of nitriles is 1. The van der Waals surface area contributed by atoms with E-state index in [2.05, 4.69) is 39.0 Å². The van der Waals surface area contributed by atoms with E-state index in [-0.39, 0.29) is 6.04 Å². The molecule has 0 spiro atoms. The van der Waals surface area contributed by atoms with E-state index in [1.165, 1.54) is 5.56 Å². The Morgan fingerprint density at radius 2 is 2.13 bits per heavy atom. The fourth-order valence-electron chi connectivity index (χ4n) is 1.99. The van der Waals surface area contributed by atoms with Gasteiger partial charge in [-0.05, 0) is 37.1 Å². The Labute approximate surface area is 98.6 Å². The average molecular weight is 265 g/mol. The minimum atomic E-state index is 0.119. The highest BCUT2D eigenvalue weighted by Crippen LogP contribution is 2.20. The minimum absolute atomic E-state index is 0.119. The molecule has 15 heavy (non-hydrogen) atoms. The van der Waals surface area contributed by atoms with Crippen molar-refractivity contribution >= 4 is 15.9 Å². The van der Waals surface area contributed by atoms with Crippen molar-refractivity contribution in [2.75, 3.05) is 6.54 Å². The predicted molar refractivity (Wildman–Crippen MR) is 63.2 cm³/mol. The molecule has 0 saturated carbocycles. The van der Waals surface area contributed by atoms with Crippen molar-refractivity contribution in [3.63, 3.8) is 0 Å². The highest BCUT2D eigenvalue weighted by atomic mass is 79.9. The third kappa shape index (κ3) is 2.58. The number of hydrogen-bond acceptors (Lipinski definition) is 2. The number of likely N-dealkylation sites (tertiary alicyclic amines) is 1. The molecule has 1 aromatic rings. The molecule has 1 heterocycles. The molecule has 1 saturated heterocycles. The SMILES string of the molecule is N#CC1CCCN1Cc1ccc(Br)cc1. The first kappa shape index (κ1) is 10.7. The number of nitrogens with zero attached hydrogens (tertiary/aromatic N) is 2. The Morgan fingerprint density at radius 3 is 2.80 bits per heavy atom. The molecule has 1 atom stereocenters. The topological polar surface area (TPSA) is 27.0 Å². The van der Waals surface area contributed by atoms with E-state index in [4.69, 9.17) is 5.26 Å². The first-order valence-electron chi connectivity index (χ1n) is 5.18. The lowest BCUT2D eigenvalue weighted by atomic mass is 10.2. The molecule has 0 aliphatic carbocycles. The zero-order valence-electron chi connectivity index (χ0n) is 8.49. The van der Waals surface area contributed by atoms with Gasteiger partial charge in [0.1, 0.15) is 0 Å². The van der Waals surface area contributed by atoms with Crippen LogP contribution in [0.25, 0.3) is 0 Å². The van der Waals surface area contributed by atoms with Gasteiger partial charge in [0.25, 0.3) is 0 Å². The Balaban J connectivity index is 2.03. The second-order valence-corrected chi connectivity index (χ2v) is 4.80. The maximum atomic E-state index is 8.96. The van der Waals surface area contributed by atoms with Crippen molar-refractivity contribution in [3.05, 3.63) is 34.3 Å². The lowest BCUT2D eigenvalue weighted by Crippen LogP contribution is -2.27. The van der Waals surface area contributed by atoms with Gasteiger partial charge in [0.05, 0.1) is 12.1 Å². The van der Waals surface area contributed by atoms with E-state index >= 15 is 0 Å². The molecule has 0 N–H and O–H groups in total. The highest BCUT2D eigenvalue weighted by Gasteiger charge is 2.23. The van der Waals surface area contributed by atoms with Gasteiger partial charge in [0.2, 0.25) is 0 Å². The largest absolute Gasteiger partial charge is 0.284 e. The van der Waals surface area contributed by atoms with Crippen molar-refractivity contribution in [1.29, 1.82) is 5.26 Å². The van der Waals surface area contributed by atoms with Crippen molar-refractivity contribution in [2.45, 2.75) is 25.4 Å². The number of rotatable bonds is 2. The van der Waals surface area contributed by atoms with E-state index in [9.17, 15) is 0 Å². The molecule has 1 aliphatic heterocycles. The maximum absolute atomic E-state index is 8.96. The third-order valence-electron chi connectivity index (χ3n) is 2.81. The van der Waals surface area contributed by atoms with Gasteiger partial charge in [-0.15, -0.1) is 0 Å². The van der Waals surface area contributed by atoms with Gasteiger partial charge in [-0.2, -0.15) is 5.26 Å². The fourth-order valence-corrected chi connectivity index (χ4v) is 2.25. The van der Waals surface area contributed by atoms with Crippen LogP contribution in [0.5, 0.6) is 0 Å².